The van der Waals surface area contributed by atoms with Crippen molar-refractivity contribution in [3.05, 3.63) is 0 Å². The Hall–Kier alpha value is -1.04. The zero-order chi connectivity index (χ0) is 10.6. The highest BCUT2D eigenvalue weighted by Crippen LogP contribution is 2.29. The van der Waals surface area contributed by atoms with Crippen molar-refractivity contribution in [3.8, 4) is 6.07 Å². The fourth-order valence-electron chi connectivity index (χ4n) is 1.72. The quantitative estimate of drug-likeness (QED) is 0.742. The van der Waals surface area contributed by atoms with E-state index in [0.29, 0.717) is 12.3 Å². The zero-order valence-electron chi connectivity index (χ0n) is 8.92. The van der Waals surface area contributed by atoms with Crippen LogP contribution in [-0.2, 0) is 4.79 Å². The van der Waals surface area contributed by atoms with Crippen molar-refractivity contribution < 1.29 is 4.79 Å². The topological polar surface area (TPSA) is 52.9 Å². The van der Waals surface area contributed by atoms with E-state index in [4.69, 9.17) is 5.26 Å². The summed E-state index contributed by atoms with van der Waals surface area (Å²) in [5.41, 5.74) is 0. The summed E-state index contributed by atoms with van der Waals surface area (Å²) in [6.45, 7) is 3.90. The molecule has 0 aromatic rings. The van der Waals surface area contributed by atoms with Crippen LogP contribution >= 0.6 is 0 Å². The molecule has 1 amide bonds. The van der Waals surface area contributed by atoms with E-state index in [0.717, 1.165) is 0 Å². The lowest BCUT2D eigenvalue weighted by atomic mass is 9.80. The highest BCUT2D eigenvalue weighted by molar-refractivity contribution is 5.81. The van der Waals surface area contributed by atoms with Crippen molar-refractivity contribution in [3.63, 3.8) is 0 Å². The smallest absolute Gasteiger partial charge is 0.237 e. The minimum Gasteiger partial charge on any atom is -0.352 e. The van der Waals surface area contributed by atoms with Crippen LogP contribution in [0.2, 0.25) is 0 Å². The number of amides is 1. The van der Waals surface area contributed by atoms with E-state index in [1.165, 1.54) is 19.3 Å². The molecular weight excluding hydrogens is 176 g/mol. The van der Waals surface area contributed by atoms with Gasteiger partial charge in [-0.1, -0.05) is 13.3 Å². The Labute approximate surface area is 85.5 Å². The molecule has 3 nitrogen and oxygen atoms in total. The Kier molecular flexibility index (Phi) is 3.94. The third-order valence-electron chi connectivity index (χ3n) is 3.11. The van der Waals surface area contributed by atoms with Crippen LogP contribution in [0.15, 0.2) is 0 Å². The van der Waals surface area contributed by atoms with Crippen LogP contribution in [-0.4, -0.2) is 11.9 Å². The Morgan fingerprint density at radius 3 is 2.64 bits per heavy atom. The maximum Gasteiger partial charge on any atom is 0.237 e. The lowest BCUT2D eigenvalue weighted by molar-refractivity contribution is -0.124. The largest absolute Gasteiger partial charge is 0.352 e. The van der Waals surface area contributed by atoms with E-state index in [9.17, 15) is 4.79 Å². The molecule has 3 heteroatoms. The maximum absolute atomic E-state index is 11.5. The van der Waals surface area contributed by atoms with Gasteiger partial charge >= 0.3 is 0 Å². The fraction of sp³-hybridized carbons (Fsp3) is 0.818. The summed E-state index contributed by atoms with van der Waals surface area (Å²) in [6, 6.07) is 2.25. The zero-order valence-corrected chi connectivity index (χ0v) is 8.92. The highest BCUT2D eigenvalue weighted by Gasteiger charge is 2.26. The van der Waals surface area contributed by atoms with Crippen molar-refractivity contribution in [1.29, 1.82) is 5.26 Å². The van der Waals surface area contributed by atoms with Crippen molar-refractivity contribution in [2.45, 2.75) is 45.6 Å². The van der Waals surface area contributed by atoms with Crippen LogP contribution in [0.25, 0.3) is 0 Å². The molecule has 0 radical (unpaired) electrons. The summed E-state index contributed by atoms with van der Waals surface area (Å²) in [4.78, 5) is 11.5. The summed E-state index contributed by atoms with van der Waals surface area (Å²) >= 11 is 0. The van der Waals surface area contributed by atoms with E-state index >= 15 is 0 Å². The van der Waals surface area contributed by atoms with Gasteiger partial charge in [-0.05, 0) is 32.1 Å². The molecule has 2 atom stereocenters. The number of nitrogens with one attached hydrogen (secondary N) is 1. The van der Waals surface area contributed by atoms with Crippen molar-refractivity contribution in [2.24, 2.45) is 11.8 Å². The second kappa shape index (κ2) is 4.99. The average molecular weight is 194 g/mol. The van der Waals surface area contributed by atoms with Crippen LogP contribution in [0.3, 0.4) is 0 Å². The van der Waals surface area contributed by atoms with Crippen LogP contribution < -0.4 is 5.32 Å². The molecule has 1 fully saturated rings. The Morgan fingerprint density at radius 2 is 2.29 bits per heavy atom. The average Bonchev–Trinajstić information content (AvgIpc) is 2.02. The van der Waals surface area contributed by atoms with E-state index in [2.05, 4.69) is 5.32 Å². The molecule has 78 valence electrons. The van der Waals surface area contributed by atoms with Gasteiger partial charge in [0, 0.05) is 6.04 Å². The molecule has 14 heavy (non-hydrogen) atoms. The molecule has 1 saturated carbocycles. The lowest BCUT2D eigenvalue weighted by Crippen LogP contribution is -2.43. The molecule has 1 N–H and O–H groups in total. The Balaban J connectivity index is 2.35. The van der Waals surface area contributed by atoms with Crippen molar-refractivity contribution >= 4 is 5.91 Å². The molecular formula is C11H18N2O. The predicted octanol–water partition coefficient (Wildman–Crippen LogP) is 1.84. The van der Waals surface area contributed by atoms with Gasteiger partial charge in [0.15, 0.2) is 0 Å². The van der Waals surface area contributed by atoms with Crippen molar-refractivity contribution in [2.75, 3.05) is 0 Å². The monoisotopic (exact) mass is 194 g/mol. The van der Waals surface area contributed by atoms with Gasteiger partial charge in [-0.25, -0.2) is 0 Å². The van der Waals surface area contributed by atoms with Gasteiger partial charge in [0.1, 0.15) is 5.92 Å². The first-order valence-corrected chi connectivity index (χ1v) is 5.39. The van der Waals surface area contributed by atoms with Gasteiger partial charge in [0.25, 0.3) is 0 Å². The van der Waals surface area contributed by atoms with Crippen LogP contribution in [0.4, 0.5) is 0 Å². The Bertz CT molecular complexity index is 240. The molecule has 0 saturated heterocycles. The van der Waals surface area contributed by atoms with E-state index in [-0.39, 0.29) is 11.9 Å². The standard InChI is InChI=1S/C11H18N2O/c1-3-9(7-12)11(14)13-8(2)10-5-4-6-10/h8-10H,3-6H2,1-2H3,(H,13,14). The second-order valence-corrected chi connectivity index (χ2v) is 4.08. The molecule has 0 spiro atoms. The van der Waals surface area contributed by atoms with E-state index < -0.39 is 5.92 Å². The number of nitriles is 1. The number of rotatable bonds is 4. The number of carbonyl (C=O) groups excluding carboxylic acids is 1. The molecule has 0 aromatic heterocycles. The van der Waals surface area contributed by atoms with Crippen molar-refractivity contribution in [1.82, 2.24) is 5.32 Å². The number of nitrogens with zero attached hydrogens (tertiary/aromatic N) is 1. The fourth-order valence-corrected chi connectivity index (χ4v) is 1.72. The SMILES string of the molecule is CCC(C#N)C(=O)NC(C)C1CCC1. The van der Waals surface area contributed by atoms with Gasteiger partial charge in [0.05, 0.1) is 6.07 Å². The first kappa shape index (κ1) is 11.0. The normalized spacial score (nSPS) is 20.4. The Morgan fingerprint density at radius 1 is 1.64 bits per heavy atom. The van der Waals surface area contributed by atoms with Crippen LogP contribution in [0.5, 0.6) is 0 Å². The van der Waals surface area contributed by atoms with E-state index in [1.807, 2.05) is 19.9 Å². The molecule has 0 bridgehead atoms. The summed E-state index contributed by atoms with van der Waals surface area (Å²) in [7, 11) is 0. The minimum atomic E-state index is -0.475. The van der Waals surface area contributed by atoms with Gasteiger partial charge in [-0.2, -0.15) is 5.26 Å². The summed E-state index contributed by atoms with van der Waals surface area (Å²) in [6.07, 6.45) is 4.30. The highest BCUT2D eigenvalue weighted by atomic mass is 16.1. The third kappa shape index (κ3) is 2.47. The van der Waals surface area contributed by atoms with Crippen LogP contribution in [0.1, 0.15) is 39.5 Å². The molecule has 1 aliphatic rings. The van der Waals surface area contributed by atoms with Gasteiger partial charge in [-0.3, -0.25) is 4.79 Å². The number of carbonyl (C=O) groups is 1. The summed E-state index contributed by atoms with van der Waals surface area (Å²) in [5, 5.41) is 11.6. The summed E-state index contributed by atoms with van der Waals surface area (Å²) < 4.78 is 0. The number of hydrogen-bond donors (Lipinski definition) is 1. The van der Waals surface area contributed by atoms with E-state index in [1.54, 1.807) is 0 Å². The third-order valence-corrected chi connectivity index (χ3v) is 3.11. The molecule has 0 heterocycles. The molecule has 0 aromatic carbocycles. The molecule has 1 aliphatic carbocycles. The first-order chi connectivity index (χ1) is 6.69. The summed E-state index contributed by atoms with van der Waals surface area (Å²) in [5.74, 6) is 0.0575. The van der Waals surface area contributed by atoms with Gasteiger partial charge in [-0.15, -0.1) is 0 Å². The van der Waals surface area contributed by atoms with Gasteiger partial charge < -0.3 is 5.32 Å². The molecule has 0 aliphatic heterocycles. The van der Waals surface area contributed by atoms with Gasteiger partial charge in [0.2, 0.25) is 5.91 Å². The second-order valence-electron chi connectivity index (χ2n) is 4.08. The predicted molar refractivity (Wildman–Crippen MR) is 54.3 cm³/mol. The number of hydrogen-bond acceptors (Lipinski definition) is 2. The van der Waals surface area contributed by atoms with Crippen LogP contribution in [0, 0.1) is 23.2 Å². The molecule has 2 unspecified atom stereocenters. The molecule has 1 rings (SSSR count). The lowest BCUT2D eigenvalue weighted by Gasteiger charge is -2.32. The maximum atomic E-state index is 11.5. The first-order valence-electron chi connectivity index (χ1n) is 5.39. The minimum absolute atomic E-state index is 0.102.